The van der Waals surface area contributed by atoms with Gasteiger partial charge in [0.05, 0.1) is 23.3 Å². The van der Waals surface area contributed by atoms with Crippen LogP contribution >= 0.6 is 11.3 Å². The fraction of sp³-hybridized carbons (Fsp3) is 0.533. The molecule has 3 heterocycles. The quantitative estimate of drug-likeness (QED) is 0.447. The Hall–Kier alpha value is -2.33. The summed E-state index contributed by atoms with van der Waals surface area (Å²) in [6.45, 7) is 1.55. The van der Waals surface area contributed by atoms with E-state index < -0.39 is 6.23 Å². The molecular formula is C15H19N5O4S. The summed E-state index contributed by atoms with van der Waals surface area (Å²) in [4.78, 5) is 37.6. The summed E-state index contributed by atoms with van der Waals surface area (Å²) in [7, 11) is 3.69. The Bertz CT molecular complexity index is 859. The Morgan fingerprint density at radius 3 is 3.08 bits per heavy atom. The number of fused-ring (bicyclic) bond motifs is 1. The lowest BCUT2D eigenvalue weighted by Gasteiger charge is -2.14. The first-order valence-electron chi connectivity index (χ1n) is 7.81. The molecule has 0 aromatic carbocycles. The molecule has 10 heteroatoms. The molecule has 0 spiro atoms. The molecule has 0 aliphatic carbocycles. The third-order valence-electron chi connectivity index (χ3n) is 3.60. The predicted molar refractivity (Wildman–Crippen MR) is 93.3 cm³/mol. The average Bonchev–Trinajstić information content (AvgIpc) is 3.13. The van der Waals surface area contributed by atoms with Crippen molar-refractivity contribution < 1.29 is 14.3 Å². The zero-order valence-electron chi connectivity index (χ0n) is 14.2. The minimum Gasteiger partial charge on any atom is -0.463 e. The Kier molecular flexibility index (Phi) is 5.09. The summed E-state index contributed by atoms with van der Waals surface area (Å²) >= 11 is 1.07. The van der Waals surface area contributed by atoms with Crippen LogP contribution in [-0.2, 0) is 14.3 Å². The summed E-state index contributed by atoms with van der Waals surface area (Å²) in [6.07, 6.45) is 3.90. The van der Waals surface area contributed by atoms with Crippen molar-refractivity contribution in [3.05, 3.63) is 15.9 Å². The zero-order valence-corrected chi connectivity index (χ0v) is 15.0. The molecule has 1 aliphatic rings. The smallest absolute Gasteiger partial charge is 0.311 e. The van der Waals surface area contributed by atoms with Crippen LogP contribution < -0.4 is 4.87 Å². The lowest BCUT2D eigenvalue weighted by molar-refractivity contribution is -0.145. The Labute approximate surface area is 147 Å². The van der Waals surface area contributed by atoms with Crippen molar-refractivity contribution in [3.8, 4) is 0 Å². The molecule has 0 radical (unpaired) electrons. The lowest BCUT2D eigenvalue weighted by Crippen LogP contribution is -2.22. The number of nitrogens with zero attached hydrogens (tertiary/aromatic N) is 5. The molecule has 0 unspecified atom stereocenters. The third-order valence-corrected chi connectivity index (χ3v) is 4.47. The van der Waals surface area contributed by atoms with E-state index in [4.69, 9.17) is 9.47 Å². The van der Waals surface area contributed by atoms with Gasteiger partial charge < -0.3 is 14.4 Å². The Balaban J connectivity index is 1.86. The largest absolute Gasteiger partial charge is 0.463 e. The van der Waals surface area contributed by atoms with Gasteiger partial charge in [0, 0.05) is 21.0 Å². The van der Waals surface area contributed by atoms with Crippen molar-refractivity contribution in [2.75, 3.05) is 20.7 Å². The molecule has 9 nitrogen and oxygen atoms in total. The van der Waals surface area contributed by atoms with Gasteiger partial charge in [-0.1, -0.05) is 11.3 Å². The molecule has 1 aliphatic heterocycles. The standard InChI is InChI=1S/C15H19N5O4S/c1-9(21)23-7-10-4-5-12(24-10)20-13-11(25-15(20)22)6-16-14(18-13)17-8-19(2)3/h6,8,10,12H,4-5,7H2,1-3H3/b17-8+/t10-,12+/m0/s1. The van der Waals surface area contributed by atoms with Crippen molar-refractivity contribution in [1.82, 2.24) is 19.4 Å². The normalized spacial score (nSPS) is 20.4. The highest BCUT2D eigenvalue weighted by molar-refractivity contribution is 7.16. The third kappa shape index (κ3) is 4.02. The highest BCUT2D eigenvalue weighted by Crippen LogP contribution is 2.31. The van der Waals surface area contributed by atoms with Crippen LogP contribution in [0.15, 0.2) is 16.0 Å². The van der Waals surface area contributed by atoms with Crippen LogP contribution in [0.3, 0.4) is 0 Å². The second-order valence-electron chi connectivity index (χ2n) is 5.90. The van der Waals surface area contributed by atoms with Gasteiger partial charge >= 0.3 is 10.8 Å². The van der Waals surface area contributed by atoms with Gasteiger partial charge in [-0.3, -0.25) is 14.2 Å². The molecule has 0 N–H and O–H groups in total. The molecule has 0 amide bonds. The molecule has 25 heavy (non-hydrogen) atoms. The second kappa shape index (κ2) is 7.28. The SMILES string of the molecule is CC(=O)OC[C@@H]1CC[C@H](n2c(=O)sc3cnc(/N=C/N(C)C)nc32)O1. The maximum atomic E-state index is 12.4. The number of aliphatic imine (C=N–C) groups is 1. The van der Waals surface area contributed by atoms with E-state index >= 15 is 0 Å². The number of hydrogen-bond donors (Lipinski definition) is 0. The van der Waals surface area contributed by atoms with Gasteiger partial charge in [0.15, 0.2) is 5.65 Å². The van der Waals surface area contributed by atoms with E-state index in [0.717, 1.165) is 11.3 Å². The van der Waals surface area contributed by atoms with Crippen molar-refractivity contribution in [2.24, 2.45) is 4.99 Å². The number of ether oxygens (including phenoxy) is 2. The average molecular weight is 365 g/mol. The lowest BCUT2D eigenvalue weighted by atomic mass is 10.2. The summed E-state index contributed by atoms with van der Waals surface area (Å²) in [5, 5.41) is 0. The predicted octanol–water partition coefficient (Wildman–Crippen LogP) is 1.32. The highest BCUT2D eigenvalue weighted by Gasteiger charge is 2.30. The molecular weight excluding hydrogens is 346 g/mol. The number of hydrogen-bond acceptors (Lipinski definition) is 8. The summed E-state index contributed by atoms with van der Waals surface area (Å²) in [6, 6.07) is 0. The minimum atomic E-state index is -0.428. The van der Waals surface area contributed by atoms with Crippen molar-refractivity contribution >= 4 is 39.9 Å². The minimum absolute atomic E-state index is 0.156. The number of carbonyl (C=O) groups excluding carboxylic acids is 1. The molecule has 1 saturated heterocycles. The Morgan fingerprint density at radius 1 is 1.56 bits per heavy atom. The molecule has 2 aromatic rings. The molecule has 2 atom stereocenters. The Morgan fingerprint density at radius 2 is 2.36 bits per heavy atom. The summed E-state index contributed by atoms with van der Waals surface area (Å²) in [5.74, 6) is -0.0662. The van der Waals surface area contributed by atoms with Gasteiger partial charge in [0.1, 0.15) is 12.8 Å². The fourth-order valence-electron chi connectivity index (χ4n) is 2.52. The highest BCUT2D eigenvalue weighted by atomic mass is 32.1. The maximum Gasteiger partial charge on any atom is 0.311 e. The molecule has 1 fully saturated rings. The van der Waals surface area contributed by atoms with Gasteiger partial charge in [-0.25, -0.2) is 9.98 Å². The summed E-state index contributed by atoms with van der Waals surface area (Å²) in [5.41, 5.74) is 0.508. The number of carbonyl (C=O) groups is 1. The van der Waals surface area contributed by atoms with Crippen LogP contribution in [0.5, 0.6) is 0 Å². The van der Waals surface area contributed by atoms with Crippen molar-refractivity contribution in [1.29, 1.82) is 0 Å². The van der Waals surface area contributed by atoms with E-state index in [0.29, 0.717) is 23.2 Å². The van der Waals surface area contributed by atoms with Crippen LogP contribution in [0, 0.1) is 0 Å². The molecule has 0 saturated carbocycles. The molecule has 3 rings (SSSR count). The van der Waals surface area contributed by atoms with Crippen LogP contribution in [0.2, 0.25) is 0 Å². The monoisotopic (exact) mass is 365 g/mol. The topological polar surface area (TPSA) is 98.9 Å². The summed E-state index contributed by atoms with van der Waals surface area (Å²) < 4.78 is 13.1. The van der Waals surface area contributed by atoms with E-state index in [1.54, 1.807) is 17.4 Å². The van der Waals surface area contributed by atoms with Crippen molar-refractivity contribution in [2.45, 2.75) is 32.1 Å². The van der Waals surface area contributed by atoms with E-state index in [9.17, 15) is 9.59 Å². The number of aromatic nitrogens is 3. The van der Waals surface area contributed by atoms with Crippen LogP contribution in [0.25, 0.3) is 10.3 Å². The van der Waals surface area contributed by atoms with E-state index in [1.165, 1.54) is 11.5 Å². The van der Waals surface area contributed by atoms with E-state index in [1.807, 2.05) is 14.1 Å². The van der Waals surface area contributed by atoms with E-state index in [-0.39, 0.29) is 29.5 Å². The van der Waals surface area contributed by atoms with Gasteiger partial charge in [-0.2, -0.15) is 4.98 Å². The van der Waals surface area contributed by atoms with E-state index in [2.05, 4.69) is 15.0 Å². The van der Waals surface area contributed by atoms with Crippen molar-refractivity contribution in [3.63, 3.8) is 0 Å². The first kappa shape index (κ1) is 17.5. The first-order chi connectivity index (χ1) is 11.9. The fourth-order valence-corrected chi connectivity index (χ4v) is 3.35. The van der Waals surface area contributed by atoms with Gasteiger partial charge in [-0.05, 0) is 12.8 Å². The van der Waals surface area contributed by atoms with Gasteiger partial charge in [0.25, 0.3) is 5.95 Å². The van der Waals surface area contributed by atoms with Gasteiger partial charge in [-0.15, -0.1) is 0 Å². The molecule has 2 aromatic heterocycles. The van der Waals surface area contributed by atoms with Crippen LogP contribution in [0.4, 0.5) is 5.95 Å². The molecule has 134 valence electrons. The number of esters is 1. The first-order valence-corrected chi connectivity index (χ1v) is 8.63. The second-order valence-corrected chi connectivity index (χ2v) is 6.89. The van der Waals surface area contributed by atoms with Gasteiger partial charge in [0.2, 0.25) is 0 Å². The maximum absolute atomic E-state index is 12.4. The van der Waals surface area contributed by atoms with Crippen LogP contribution in [0.1, 0.15) is 26.0 Å². The molecule has 0 bridgehead atoms. The number of rotatable bonds is 5. The van der Waals surface area contributed by atoms with Crippen LogP contribution in [-0.4, -0.2) is 58.5 Å². The number of thiazole rings is 1. The zero-order chi connectivity index (χ0) is 18.0.